The molecule has 0 aromatic carbocycles. The first kappa shape index (κ1) is 12.6. The van der Waals surface area contributed by atoms with Crippen LogP contribution < -0.4 is 10.5 Å². The lowest BCUT2D eigenvalue weighted by molar-refractivity contribution is 0.590. The number of hydrogen-bond acceptors (Lipinski definition) is 5. The van der Waals surface area contributed by atoms with Crippen LogP contribution in [0.25, 0.3) is 0 Å². The van der Waals surface area contributed by atoms with Gasteiger partial charge in [0.1, 0.15) is 0 Å². The van der Waals surface area contributed by atoms with Crippen LogP contribution in [0.5, 0.6) is 0 Å². The van der Waals surface area contributed by atoms with Crippen LogP contribution in [0.3, 0.4) is 0 Å². The number of primary sulfonamides is 1. The molecule has 1 aromatic heterocycles. The normalized spacial score (nSPS) is 11.9. The largest absolute Gasteiger partial charge is 0.312 e. The van der Waals surface area contributed by atoms with Gasteiger partial charge in [0.2, 0.25) is 10.0 Å². The van der Waals surface area contributed by atoms with Gasteiger partial charge in [0, 0.05) is 17.6 Å². The standard InChI is InChI=1S/C8H15N3O2S2/c1-7-11-6-8(14-7)5-10-3-2-4-15(9,12)13/h6,10H,2-5H2,1H3,(H2,9,12,13). The highest BCUT2D eigenvalue weighted by molar-refractivity contribution is 7.89. The summed E-state index contributed by atoms with van der Waals surface area (Å²) >= 11 is 1.63. The van der Waals surface area contributed by atoms with E-state index in [1.165, 1.54) is 0 Å². The van der Waals surface area contributed by atoms with Gasteiger partial charge in [-0.25, -0.2) is 18.5 Å². The van der Waals surface area contributed by atoms with Gasteiger partial charge in [-0.05, 0) is 19.9 Å². The second-order valence-corrected chi connectivity index (χ2v) is 6.30. The van der Waals surface area contributed by atoms with Gasteiger partial charge in [-0.15, -0.1) is 11.3 Å². The fourth-order valence-corrected chi connectivity index (χ4v) is 2.41. The van der Waals surface area contributed by atoms with Gasteiger partial charge in [0.05, 0.1) is 10.8 Å². The Hall–Kier alpha value is -0.500. The molecular formula is C8H15N3O2S2. The van der Waals surface area contributed by atoms with Crippen LogP contribution in [-0.2, 0) is 16.6 Å². The van der Waals surface area contributed by atoms with E-state index in [-0.39, 0.29) is 5.75 Å². The molecule has 7 heteroatoms. The van der Waals surface area contributed by atoms with Gasteiger partial charge in [-0.2, -0.15) is 0 Å². The summed E-state index contributed by atoms with van der Waals surface area (Å²) in [5.41, 5.74) is 0. The molecule has 0 aliphatic rings. The molecule has 0 aliphatic heterocycles. The fourth-order valence-electron chi connectivity index (χ4n) is 1.10. The molecule has 1 aromatic rings. The van der Waals surface area contributed by atoms with E-state index >= 15 is 0 Å². The molecule has 0 spiro atoms. The van der Waals surface area contributed by atoms with Gasteiger partial charge >= 0.3 is 0 Å². The van der Waals surface area contributed by atoms with Crippen LogP contribution >= 0.6 is 11.3 Å². The Labute approximate surface area is 93.8 Å². The Morgan fingerprint density at radius 3 is 2.87 bits per heavy atom. The third kappa shape index (κ3) is 5.83. The van der Waals surface area contributed by atoms with Crippen molar-refractivity contribution in [3.05, 3.63) is 16.1 Å². The van der Waals surface area contributed by atoms with E-state index in [2.05, 4.69) is 10.3 Å². The van der Waals surface area contributed by atoms with E-state index < -0.39 is 10.0 Å². The first-order valence-electron chi connectivity index (χ1n) is 4.60. The average Bonchev–Trinajstić information content (AvgIpc) is 2.49. The molecule has 0 radical (unpaired) electrons. The molecular weight excluding hydrogens is 234 g/mol. The minimum atomic E-state index is -3.31. The van der Waals surface area contributed by atoms with Crippen LogP contribution in [0.2, 0.25) is 0 Å². The third-order valence-corrected chi connectivity index (χ3v) is 3.52. The number of nitrogens with one attached hydrogen (secondary N) is 1. The number of hydrogen-bond donors (Lipinski definition) is 2. The summed E-state index contributed by atoms with van der Waals surface area (Å²) in [5, 5.41) is 9.04. The van der Waals surface area contributed by atoms with Crippen molar-refractivity contribution in [3.63, 3.8) is 0 Å². The minimum absolute atomic E-state index is 0.0295. The SMILES string of the molecule is Cc1ncc(CNCCCS(N)(=O)=O)s1. The number of rotatable bonds is 6. The predicted octanol–water partition coefficient (Wildman–Crippen LogP) is 0.220. The molecule has 0 saturated heterocycles. The zero-order chi connectivity index (χ0) is 11.3. The monoisotopic (exact) mass is 249 g/mol. The molecule has 0 fully saturated rings. The lowest BCUT2D eigenvalue weighted by Crippen LogP contribution is -2.21. The molecule has 5 nitrogen and oxygen atoms in total. The van der Waals surface area contributed by atoms with Crippen LogP contribution in [0.4, 0.5) is 0 Å². The van der Waals surface area contributed by atoms with E-state index in [0.717, 1.165) is 16.4 Å². The first-order chi connectivity index (χ1) is 6.97. The Bertz CT molecular complexity index is 400. The van der Waals surface area contributed by atoms with Crippen LogP contribution in [-0.4, -0.2) is 25.7 Å². The molecule has 0 bridgehead atoms. The Kier molecular flexibility index (Phi) is 4.65. The maximum Gasteiger partial charge on any atom is 0.209 e. The van der Waals surface area contributed by atoms with Gasteiger partial charge in [-0.3, -0.25) is 0 Å². The highest BCUT2D eigenvalue weighted by atomic mass is 32.2. The van der Waals surface area contributed by atoms with Crippen LogP contribution in [0.15, 0.2) is 6.20 Å². The molecule has 0 amide bonds. The molecule has 0 aliphatic carbocycles. The van der Waals surface area contributed by atoms with E-state index in [4.69, 9.17) is 5.14 Å². The number of sulfonamides is 1. The van der Waals surface area contributed by atoms with Crippen LogP contribution in [0.1, 0.15) is 16.3 Å². The van der Waals surface area contributed by atoms with Gasteiger partial charge in [0.15, 0.2) is 0 Å². The Morgan fingerprint density at radius 1 is 1.60 bits per heavy atom. The molecule has 1 rings (SSSR count). The number of nitrogens with two attached hydrogens (primary N) is 1. The molecule has 1 heterocycles. The van der Waals surface area contributed by atoms with Gasteiger partial charge in [-0.1, -0.05) is 0 Å². The predicted molar refractivity (Wildman–Crippen MR) is 61.1 cm³/mol. The van der Waals surface area contributed by atoms with Crippen molar-refractivity contribution in [1.29, 1.82) is 0 Å². The van der Waals surface area contributed by atoms with E-state index in [1.807, 2.05) is 13.1 Å². The summed E-state index contributed by atoms with van der Waals surface area (Å²) < 4.78 is 21.2. The Balaban J connectivity index is 2.12. The Morgan fingerprint density at radius 2 is 2.33 bits per heavy atom. The number of aryl methyl sites for hydroxylation is 1. The maximum atomic E-state index is 10.6. The number of nitrogens with zero attached hydrogens (tertiary/aromatic N) is 1. The summed E-state index contributed by atoms with van der Waals surface area (Å²) in [4.78, 5) is 5.27. The molecule has 0 unspecified atom stereocenters. The molecule has 15 heavy (non-hydrogen) atoms. The quantitative estimate of drug-likeness (QED) is 0.706. The van der Waals surface area contributed by atoms with E-state index in [0.29, 0.717) is 13.0 Å². The number of aromatic nitrogens is 1. The highest BCUT2D eigenvalue weighted by Crippen LogP contribution is 2.10. The van der Waals surface area contributed by atoms with Gasteiger partial charge < -0.3 is 5.32 Å². The lowest BCUT2D eigenvalue weighted by Gasteiger charge is -2.01. The maximum absolute atomic E-state index is 10.6. The summed E-state index contributed by atoms with van der Waals surface area (Å²) in [5.74, 6) is 0.0295. The van der Waals surface area contributed by atoms with E-state index in [1.54, 1.807) is 11.3 Å². The van der Waals surface area contributed by atoms with Crippen molar-refractivity contribution in [1.82, 2.24) is 10.3 Å². The van der Waals surface area contributed by atoms with Crippen molar-refractivity contribution in [2.45, 2.75) is 19.9 Å². The lowest BCUT2D eigenvalue weighted by atomic mass is 10.4. The molecule has 86 valence electrons. The summed E-state index contributed by atoms with van der Waals surface area (Å²) in [6.45, 7) is 3.33. The fraction of sp³-hybridized carbons (Fsp3) is 0.625. The third-order valence-electron chi connectivity index (χ3n) is 1.75. The van der Waals surface area contributed by atoms with E-state index in [9.17, 15) is 8.42 Å². The zero-order valence-electron chi connectivity index (χ0n) is 8.56. The van der Waals surface area contributed by atoms with Crippen molar-refractivity contribution < 1.29 is 8.42 Å². The smallest absolute Gasteiger partial charge is 0.209 e. The van der Waals surface area contributed by atoms with Crippen molar-refractivity contribution >= 4 is 21.4 Å². The highest BCUT2D eigenvalue weighted by Gasteiger charge is 2.01. The minimum Gasteiger partial charge on any atom is -0.312 e. The molecule has 0 saturated carbocycles. The molecule has 0 atom stereocenters. The second-order valence-electron chi connectivity index (χ2n) is 3.24. The first-order valence-corrected chi connectivity index (χ1v) is 7.13. The van der Waals surface area contributed by atoms with Crippen molar-refractivity contribution in [3.8, 4) is 0 Å². The summed E-state index contributed by atoms with van der Waals surface area (Å²) in [7, 11) is -3.31. The van der Waals surface area contributed by atoms with Crippen molar-refractivity contribution in [2.75, 3.05) is 12.3 Å². The van der Waals surface area contributed by atoms with Crippen LogP contribution in [0, 0.1) is 6.92 Å². The van der Waals surface area contributed by atoms with Crippen molar-refractivity contribution in [2.24, 2.45) is 5.14 Å². The summed E-state index contributed by atoms with van der Waals surface area (Å²) in [6.07, 6.45) is 2.36. The summed E-state index contributed by atoms with van der Waals surface area (Å²) in [6, 6.07) is 0. The average molecular weight is 249 g/mol. The zero-order valence-corrected chi connectivity index (χ0v) is 10.2. The molecule has 3 N–H and O–H groups in total. The topological polar surface area (TPSA) is 85.1 Å². The number of thiazole rings is 1. The van der Waals surface area contributed by atoms with Gasteiger partial charge in [0.25, 0.3) is 0 Å². The second kappa shape index (κ2) is 5.55.